The maximum atomic E-state index is 12.6. The van der Waals surface area contributed by atoms with Gasteiger partial charge in [-0.3, -0.25) is 0 Å². The maximum Gasteiger partial charge on any atom is 0.335 e. The number of ether oxygens (including phenoxy) is 1. The molecule has 0 saturated carbocycles. The van der Waals surface area contributed by atoms with Gasteiger partial charge in [0.15, 0.2) is 0 Å². The average Bonchev–Trinajstić information content (AvgIpc) is 2.01. The summed E-state index contributed by atoms with van der Waals surface area (Å²) in [6.07, 6.45) is 0. The van der Waals surface area contributed by atoms with Crippen molar-refractivity contribution < 1.29 is 17.0 Å². The first kappa shape index (κ1) is 10.5. The summed E-state index contributed by atoms with van der Waals surface area (Å²) in [7, 11) is -3.43. The van der Waals surface area contributed by atoms with Crippen molar-refractivity contribution in [1.29, 1.82) is 0 Å². The van der Waals surface area contributed by atoms with Gasteiger partial charge in [0.2, 0.25) is 0 Å². The van der Waals surface area contributed by atoms with Crippen LogP contribution in [0.2, 0.25) is 0 Å². The van der Waals surface area contributed by atoms with Gasteiger partial charge in [0.25, 0.3) is 0 Å². The highest BCUT2D eigenvalue weighted by Crippen LogP contribution is 2.28. The molecule has 1 aromatic rings. The molecule has 0 heterocycles. The lowest BCUT2D eigenvalue weighted by Crippen LogP contribution is -1.96. The minimum Gasteiger partial charge on any atom is -0.495 e. The van der Waals surface area contributed by atoms with Gasteiger partial charge in [-0.2, -0.15) is 8.42 Å². The fraction of sp³-hybridized carbons (Fsp3) is 0.143. The molecule has 6 heteroatoms. The monoisotopic (exact) mass is 268 g/mol. The summed E-state index contributed by atoms with van der Waals surface area (Å²) in [6.45, 7) is 0. The summed E-state index contributed by atoms with van der Waals surface area (Å²) in [5.74, 6) is -0.0168. The summed E-state index contributed by atoms with van der Waals surface area (Å²) in [4.78, 5) is -0.460. The summed E-state index contributed by atoms with van der Waals surface area (Å²) in [6, 6.07) is 3.94. The van der Waals surface area contributed by atoms with Crippen LogP contribution in [0.5, 0.6) is 5.75 Å². The van der Waals surface area contributed by atoms with E-state index >= 15 is 0 Å². The van der Waals surface area contributed by atoms with Gasteiger partial charge in [-0.05, 0) is 18.2 Å². The van der Waals surface area contributed by atoms with Crippen LogP contribution in [0.1, 0.15) is 0 Å². The number of rotatable bonds is 2. The molecule has 1 aromatic carbocycles. The minimum atomic E-state index is -4.71. The molecule has 0 saturated heterocycles. The molecule has 1 rings (SSSR count). The van der Waals surface area contributed by atoms with Crippen molar-refractivity contribution in [2.24, 2.45) is 0 Å². The second-order valence-corrected chi connectivity index (χ2v) is 4.46. The van der Waals surface area contributed by atoms with E-state index in [1.54, 1.807) is 0 Å². The highest BCUT2D eigenvalue weighted by molar-refractivity contribution is 9.10. The van der Waals surface area contributed by atoms with Crippen LogP contribution in [-0.4, -0.2) is 15.5 Å². The molecule has 0 atom stereocenters. The average molecular weight is 269 g/mol. The molecule has 0 N–H and O–H groups in total. The summed E-state index contributed by atoms with van der Waals surface area (Å²) >= 11 is 3.11. The predicted molar refractivity (Wildman–Crippen MR) is 49.0 cm³/mol. The van der Waals surface area contributed by atoms with Crippen molar-refractivity contribution in [2.45, 2.75) is 4.90 Å². The van der Waals surface area contributed by atoms with Crippen LogP contribution in [0.25, 0.3) is 0 Å². The standard InChI is InChI=1S/C7H6BrFO3S/c1-12-6-4-5(8)2-3-7(6)13(9,10)11/h2-4H,1H3. The highest BCUT2D eigenvalue weighted by atomic mass is 79.9. The number of methoxy groups -OCH3 is 1. The molecule has 0 amide bonds. The molecule has 72 valence electrons. The van der Waals surface area contributed by atoms with Crippen LogP contribution in [0.15, 0.2) is 27.6 Å². The largest absolute Gasteiger partial charge is 0.495 e. The van der Waals surface area contributed by atoms with Gasteiger partial charge in [-0.1, -0.05) is 15.9 Å². The molecular formula is C7H6BrFO3S. The highest BCUT2D eigenvalue weighted by Gasteiger charge is 2.17. The number of hydrogen-bond donors (Lipinski definition) is 0. The van der Waals surface area contributed by atoms with Gasteiger partial charge < -0.3 is 4.74 Å². The molecule has 0 unspecified atom stereocenters. The van der Waals surface area contributed by atoms with Crippen LogP contribution in [-0.2, 0) is 10.2 Å². The lowest BCUT2D eigenvalue weighted by atomic mass is 10.3. The van der Waals surface area contributed by atoms with E-state index in [4.69, 9.17) is 4.74 Å². The molecule has 0 radical (unpaired) electrons. The molecule has 0 aliphatic rings. The van der Waals surface area contributed by atoms with E-state index < -0.39 is 15.1 Å². The van der Waals surface area contributed by atoms with E-state index in [1.165, 1.54) is 19.2 Å². The number of halogens is 2. The van der Waals surface area contributed by atoms with E-state index in [1.807, 2.05) is 0 Å². The SMILES string of the molecule is COc1cc(Br)ccc1S(=O)(=O)F. The third kappa shape index (κ3) is 2.41. The van der Waals surface area contributed by atoms with E-state index in [-0.39, 0.29) is 5.75 Å². The van der Waals surface area contributed by atoms with Gasteiger partial charge >= 0.3 is 10.2 Å². The molecule has 0 spiro atoms. The van der Waals surface area contributed by atoms with E-state index in [9.17, 15) is 12.3 Å². The summed E-state index contributed by atoms with van der Waals surface area (Å²) in [5.41, 5.74) is 0. The minimum absolute atomic E-state index is 0.0168. The van der Waals surface area contributed by atoms with Gasteiger partial charge in [-0.25, -0.2) is 0 Å². The second kappa shape index (κ2) is 3.63. The van der Waals surface area contributed by atoms with Gasteiger partial charge in [0, 0.05) is 4.47 Å². The molecule has 13 heavy (non-hydrogen) atoms. The Hall–Kier alpha value is -0.620. The first-order valence-electron chi connectivity index (χ1n) is 3.23. The van der Waals surface area contributed by atoms with Gasteiger partial charge in [0.1, 0.15) is 10.6 Å². The van der Waals surface area contributed by atoms with Crippen molar-refractivity contribution in [3.63, 3.8) is 0 Å². The van der Waals surface area contributed by atoms with Crippen molar-refractivity contribution in [3.05, 3.63) is 22.7 Å². The third-order valence-electron chi connectivity index (χ3n) is 1.39. The molecule has 0 fully saturated rings. The Balaban J connectivity index is 3.39. The number of benzene rings is 1. The Morgan fingerprint density at radius 2 is 2.08 bits per heavy atom. The van der Waals surface area contributed by atoms with Gasteiger partial charge in [0.05, 0.1) is 7.11 Å². The lowest BCUT2D eigenvalue weighted by molar-refractivity contribution is 0.401. The molecule has 0 bridgehead atoms. The predicted octanol–water partition coefficient (Wildman–Crippen LogP) is 2.12. The zero-order valence-corrected chi connectivity index (χ0v) is 9.02. The van der Waals surface area contributed by atoms with Crippen molar-refractivity contribution >= 4 is 26.2 Å². The Kier molecular flexibility index (Phi) is 2.92. The third-order valence-corrected chi connectivity index (χ3v) is 2.74. The van der Waals surface area contributed by atoms with E-state index in [2.05, 4.69) is 15.9 Å². The second-order valence-electron chi connectivity index (χ2n) is 2.23. The van der Waals surface area contributed by atoms with E-state index in [0.717, 1.165) is 6.07 Å². The maximum absolute atomic E-state index is 12.6. The van der Waals surface area contributed by atoms with Crippen LogP contribution in [0.4, 0.5) is 3.89 Å². The lowest BCUT2D eigenvalue weighted by Gasteiger charge is -2.04. The van der Waals surface area contributed by atoms with Crippen LogP contribution in [0.3, 0.4) is 0 Å². The Morgan fingerprint density at radius 1 is 1.46 bits per heavy atom. The molecule has 0 aromatic heterocycles. The Bertz CT molecular complexity index is 416. The molecule has 3 nitrogen and oxygen atoms in total. The molecule has 0 aliphatic carbocycles. The number of hydrogen-bond acceptors (Lipinski definition) is 3. The summed E-state index contributed by atoms with van der Waals surface area (Å²) in [5, 5.41) is 0. The van der Waals surface area contributed by atoms with Crippen LogP contribution >= 0.6 is 15.9 Å². The van der Waals surface area contributed by atoms with Crippen LogP contribution in [0, 0.1) is 0 Å². The fourth-order valence-electron chi connectivity index (χ4n) is 0.843. The quantitative estimate of drug-likeness (QED) is 0.772. The van der Waals surface area contributed by atoms with Crippen molar-refractivity contribution in [2.75, 3.05) is 7.11 Å². The first-order valence-corrected chi connectivity index (χ1v) is 5.41. The van der Waals surface area contributed by atoms with Crippen molar-refractivity contribution in [3.8, 4) is 5.75 Å². The smallest absolute Gasteiger partial charge is 0.335 e. The zero-order chi connectivity index (χ0) is 10.1. The first-order chi connectivity index (χ1) is 5.95. The van der Waals surface area contributed by atoms with Gasteiger partial charge in [-0.15, -0.1) is 3.89 Å². The topological polar surface area (TPSA) is 43.4 Å². The summed E-state index contributed by atoms with van der Waals surface area (Å²) < 4.78 is 39.0. The van der Waals surface area contributed by atoms with Crippen molar-refractivity contribution in [1.82, 2.24) is 0 Å². The van der Waals surface area contributed by atoms with E-state index in [0.29, 0.717) is 4.47 Å². The zero-order valence-electron chi connectivity index (χ0n) is 6.62. The Labute approximate surface area is 83.9 Å². The fourth-order valence-corrected chi connectivity index (χ4v) is 1.80. The molecular weight excluding hydrogens is 263 g/mol. The van der Waals surface area contributed by atoms with Crippen LogP contribution < -0.4 is 4.74 Å². The Morgan fingerprint density at radius 3 is 2.54 bits per heavy atom. The molecule has 0 aliphatic heterocycles. The normalized spacial score (nSPS) is 11.3.